The van der Waals surface area contributed by atoms with E-state index in [2.05, 4.69) is 19.2 Å². The standard InChI is InChI=1S/C83H161NO10/c1-3-5-7-9-11-13-15-16-17-41-45-48-51-55-59-63-67-71-79(88)92-72-68-64-60-56-52-49-46-43-40-38-36-34-32-30-28-26-24-22-20-18-19-21-23-25-27-29-31-33-35-37-39-42-44-47-50-54-58-62-66-70-78(87)84-75(74-93-83-82(91)81(90)80(89)77(73-85)94-83)76(86)69-65-61-57-53-14-12-10-8-6-4-2/h65,69,75-77,80-83,85-86,89-91H,3-64,66-68,70-74H2,1-2H3,(H,84,87)/b69-65+. The Morgan fingerprint density at radius 3 is 0.989 bits per heavy atom. The van der Waals surface area contributed by atoms with Crippen LogP contribution in [0.2, 0.25) is 0 Å². The maximum atomic E-state index is 13.1. The molecule has 1 heterocycles. The SMILES string of the molecule is CCCCCCCCCC/C=C/C(O)C(COC1OC(CO)C(O)C(O)C1O)NC(=O)CCCCCCCCCCCCCCCCCCCCCCCCCCCCCCCCCCCCCCCCCOC(=O)CCCCCCCCCCCCCCCCCCC. The van der Waals surface area contributed by atoms with E-state index in [9.17, 15) is 35.1 Å². The monoisotopic (exact) mass is 1330 g/mol. The van der Waals surface area contributed by atoms with Crippen LogP contribution in [-0.2, 0) is 23.8 Å². The number of esters is 1. The second-order valence-electron chi connectivity index (χ2n) is 29.6. The summed E-state index contributed by atoms with van der Waals surface area (Å²) in [7, 11) is 0. The first kappa shape index (κ1) is 90.4. The molecule has 7 atom stereocenters. The van der Waals surface area contributed by atoms with Gasteiger partial charge in [0.05, 0.1) is 32.0 Å². The molecule has 0 bridgehead atoms. The second-order valence-corrected chi connectivity index (χ2v) is 29.6. The molecule has 1 rings (SSSR count). The minimum atomic E-state index is -1.57. The van der Waals surface area contributed by atoms with E-state index in [0.29, 0.717) is 19.4 Å². The van der Waals surface area contributed by atoms with Crippen LogP contribution in [0.4, 0.5) is 0 Å². The van der Waals surface area contributed by atoms with Crippen molar-refractivity contribution in [3.05, 3.63) is 12.2 Å². The van der Waals surface area contributed by atoms with Crippen molar-refractivity contribution in [1.82, 2.24) is 5.32 Å². The van der Waals surface area contributed by atoms with Crippen molar-refractivity contribution in [3.8, 4) is 0 Å². The quantitative estimate of drug-likeness (QED) is 0.0195. The van der Waals surface area contributed by atoms with Crippen molar-refractivity contribution in [1.29, 1.82) is 0 Å². The summed E-state index contributed by atoms with van der Waals surface area (Å²) in [5.74, 6) is -0.151. The molecule has 6 N–H and O–H groups in total. The Bertz CT molecular complexity index is 1560. The minimum absolute atomic E-state index is 0.0235. The predicted octanol–water partition coefficient (Wildman–Crippen LogP) is 22.9. The van der Waals surface area contributed by atoms with Crippen LogP contribution in [0.1, 0.15) is 444 Å². The molecule has 0 saturated carbocycles. The summed E-state index contributed by atoms with van der Waals surface area (Å²) in [6.07, 6.45) is 82.8. The van der Waals surface area contributed by atoms with Crippen molar-refractivity contribution < 1.29 is 49.3 Å². The lowest BCUT2D eigenvalue weighted by Crippen LogP contribution is -2.60. The van der Waals surface area contributed by atoms with Gasteiger partial charge in [-0.25, -0.2) is 0 Å². The molecule has 0 radical (unpaired) electrons. The molecule has 0 aromatic rings. The lowest BCUT2D eigenvalue weighted by molar-refractivity contribution is -0.302. The average Bonchev–Trinajstić information content (AvgIpc) is 0.904. The maximum absolute atomic E-state index is 13.1. The number of hydrogen-bond acceptors (Lipinski definition) is 10. The van der Waals surface area contributed by atoms with Gasteiger partial charge in [-0.05, 0) is 32.1 Å². The Kier molecular flexibility index (Phi) is 69.9. The first-order valence-corrected chi connectivity index (χ1v) is 42.0. The van der Waals surface area contributed by atoms with Crippen molar-refractivity contribution in [2.45, 2.75) is 487 Å². The first-order chi connectivity index (χ1) is 46.2. The largest absolute Gasteiger partial charge is 0.466 e. The van der Waals surface area contributed by atoms with Gasteiger partial charge < -0.3 is 45.1 Å². The van der Waals surface area contributed by atoms with E-state index in [1.165, 1.54) is 366 Å². The molecule has 558 valence electrons. The molecule has 11 nitrogen and oxygen atoms in total. The molecule has 0 spiro atoms. The molecule has 1 aliphatic rings. The fourth-order valence-electron chi connectivity index (χ4n) is 13.9. The van der Waals surface area contributed by atoms with E-state index in [0.717, 1.165) is 51.4 Å². The summed E-state index contributed by atoms with van der Waals surface area (Å²) >= 11 is 0. The van der Waals surface area contributed by atoms with Crippen molar-refractivity contribution >= 4 is 11.9 Å². The lowest BCUT2D eigenvalue weighted by Gasteiger charge is -2.40. The fourth-order valence-corrected chi connectivity index (χ4v) is 13.9. The molecular formula is C83H161NO10. The van der Waals surface area contributed by atoms with Gasteiger partial charge in [-0.2, -0.15) is 0 Å². The zero-order valence-electron chi connectivity index (χ0n) is 62.5. The Labute approximate surface area is 582 Å². The molecule has 1 aliphatic heterocycles. The van der Waals surface area contributed by atoms with Crippen LogP contribution in [0.3, 0.4) is 0 Å². The number of amides is 1. The van der Waals surface area contributed by atoms with Crippen molar-refractivity contribution in [2.24, 2.45) is 0 Å². The maximum Gasteiger partial charge on any atom is 0.305 e. The van der Waals surface area contributed by atoms with Crippen molar-refractivity contribution in [3.63, 3.8) is 0 Å². The molecule has 1 saturated heterocycles. The number of hydrogen-bond donors (Lipinski definition) is 6. The highest BCUT2D eigenvalue weighted by molar-refractivity contribution is 5.76. The van der Waals surface area contributed by atoms with Gasteiger partial charge in [0.25, 0.3) is 0 Å². The van der Waals surface area contributed by atoms with E-state index < -0.39 is 49.5 Å². The number of carbonyl (C=O) groups excluding carboxylic acids is 2. The fraction of sp³-hybridized carbons (Fsp3) is 0.952. The molecular weight excluding hydrogens is 1170 g/mol. The minimum Gasteiger partial charge on any atom is -0.466 e. The highest BCUT2D eigenvalue weighted by atomic mass is 16.7. The summed E-state index contributed by atoms with van der Waals surface area (Å²) in [4.78, 5) is 25.2. The Morgan fingerprint density at radius 2 is 0.670 bits per heavy atom. The van der Waals surface area contributed by atoms with Crippen LogP contribution >= 0.6 is 0 Å². The zero-order valence-corrected chi connectivity index (χ0v) is 62.5. The van der Waals surface area contributed by atoms with Gasteiger partial charge in [0.15, 0.2) is 6.29 Å². The van der Waals surface area contributed by atoms with Crippen LogP contribution in [-0.4, -0.2) is 100 Å². The van der Waals surface area contributed by atoms with Gasteiger partial charge in [0, 0.05) is 12.8 Å². The Morgan fingerprint density at radius 1 is 0.383 bits per heavy atom. The number of allylic oxidation sites excluding steroid dienone is 1. The average molecular weight is 1330 g/mol. The molecule has 0 aromatic carbocycles. The summed E-state index contributed by atoms with van der Waals surface area (Å²) in [6.45, 7) is 4.40. The van der Waals surface area contributed by atoms with E-state index in [4.69, 9.17) is 14.2 Å². The Hall–Kier alpha value is -1.60. The summed E-state index contributed by atoms with van der Waals surface area (Å²) in [6, 6.07) is -0.803. The van der Waals surface area contributed by atoms with Crippen LogP contribution < -0.4 is 5.32 Å². The zero-order chi connectivity index (χ0) is 67.9. The smallest absolute Gasteiger partial charge is 0.305 e. The molecule has 11 heteroatoms. The van der Waals surface area contributed by atoms with E-state index >= 15 is 0 Å². The number of nitrogens with one attached hydrogen (secondary N) is 1. The number of unbranched alkanes of at least 4 members (excludes halogenated alkanes) is 62. The third kappa shape index (κ3) is 60.4. The second kappa shape index (κ2) is 72.6. The molecule has 0 aliphatic carbocycles. The van der Waals surface area contributed by atoms with Gasteiger partial charge in [0.2, 0.25) is 5.91 Å². The Balaban J connectivity index is 1.82. The highest BCUT2D eigenvalue weighted by Gasteiger charge is 2.44. The highest BCUT2D eigenvalue weighted by Crippen LogP contribution is 2.24. The van der Waals surface area contributed by atoms with Gasteiger partial charge in [-0.1, -0.05) is 411 Å². The van der Waals surface area contributed by atoms with Crippen LogP contribution in [0.5, 0.6) is 0 Å². The summed E-state index contributed by atoms with van der Waals surface area (Å²) in [5.41, 5.74) is 0. The lowest BCUT2D eigenvalue weighted by atomic mass is 9.99. The topological polar surface area (TPSA) is 175 Å². The molecule has 1 amide bonds. The number of carbonyl (C=O) groups is 2. The van der Waals surface area contributed by atoms with Crippen LogP contribution in [0.15, 0.2) is 12.2 Å². The van der Waals surface area contributed by atoms with Crippen LogP contribution in [0.25, 0.3) is 0 Å². The summed E-state index contributed by atoms with van der Waals surface area (Å²) in [5, 5.41) is 54.4. The summed E-state index contributed by atoms with van der Waals surface area (Å²) < 4.78 is 16.8. The van der Waals surface area contributed by atoms with Gasteiger partial charge in [-0.3, -0.25) is 9.59 Å². The molecule has 0 aromatic heterocycles. The normalized spacial score (nSPS) is 17.4. The van der Waals surface area contributed by atoms with Gasteiger partial charge in [0.1, 0.15) is 24.4 Å². The molecule has 7 unspecified atom stereocenters. The molecule has 94 heavy (non-hydrogen) atoms. The number of ether oxygens (including phenoxy) is 3. The van der Waals surface area contributed by atoms with E-state index in [-0.39, 0.29) is 18.5 Å². The van der Waals surface area contributed by atoms with E-state index in [1.54, 1.807) is 6.08 Å². The van der Waals surface area contributed by atoms with Crippen LogP contribution in [0, 0.1) is 0 Å². The molecule has 1 fully saturated rings. The van der Waals surface area contributed by atoms with Gasteiger partial charge in [-0.15, -0.1) is 0 Å². The third-order valence-corrected chi connectivity index (χ3v) is 20.4. The number of aliphatic hydroxyl groups is 5. The third-order valence-electron chi connectivity index (χ3n) is 20.4. The van der Waals surface area contributed by atoms with Gasteiger partial charge >= 0.3 is 5.97 Å². The first-order valence-electron chi connectivity index (χ1n) is 42.0. The predicted molar refractivity (Wildman–Crippen MR) is 398 cm³/mol. The number of aliphatic hydroxyl groups excluding tert-OH is 5. The van der Waals surface area contributed by atoms with E-state index in [1.807, 2.05) is 6.08 Å². The number of rotatable bonds is 76. The van der Waals surface area contributed by atoms with Crippen molar-refractivity contribution in [2.75, 3.05) is 19.8 Å².